The van der Waals surface area contributed by atoms with E-state index in [4.69, 9.17) is 4.74 Å². The lowest BCUT2D eigenvalue weighted by Gasteiger charge is -2.38. The van der Waals surface area contributed by atoms with Crippen LogP contribution < -0.4 is 0 Å². The van der Waals surface area contributed by atoms with Gasteiger partial charge in [0.2, 0.25) is 0 Å². The third-order valence-corrected chi connectivity index (χ3v) is 3.65. The van der Waals surface area contributed by atoms with Crippen LogP contribution in [-0.2, 0) is 21.6 Å². The number of esters is 1. The van der Waals surface area contributed by atoms with Crippen LogP contribution in [0.3, 0.4) is 0 Å². The van der Waals surface area contributed by atoms with Crippen LogP contribution in [0.25, 0.3) is 0 Å². The standard InChI is InChI=1S/C16H20O2/c1-3-11-16(18-15(17)4-2)12-7-9-13-8-5-6-10-14(13)16/h4-6,8,10H,2-3,7,9,11-12H2,1H3. The maximum absolute atomic E-state index is 11.6. The van der Waals surface area contributed by atoms with E-state index >= 15 is 0 Å². The maximum atomic E-state index is 11.6. The van der Waals surface area contributed by atoms with E-state index < -0.39 is 5.60 Å². The zero-order chi connectivity index (χ0) is 13.0. The van der Waals surface area contributed by atoms with Crippen molar-refractivity contribution >= 4 is 5.97 Å². The summed E-state index contributed by atoms with van der Waals surface area (Å²) in [6, 6.07) is 8.31. The normalized spacial score (nSPS) is 22.1. The second-order valence-electron chi connectivity index (χ2n) is 4.88. The van der Waals surface area contributed by atoms with E-state index in [0.717, 1.165) is 32.1 Å². The Bertz CT molecular complexity index is 450. The van der Waals surface area contributed by atoms with Crippen LogP contribution >= 0.6 is 0 Å². The molecule has 0 aliphatic heterocycles. The molecule has 0 heterocycles. The first-order valence-electron chi connectivity index (χ1n) is 6.65. The summed E-state index contributed by atoms with van der Waals surface area (Å²) in [5, 5.41) is 0. The quantitative estimate of drug-likeness (QED) is 0.595. The second kappa shape index (κ2) is 5.38. The van der Waals surface area contributed by atoms with Crippen molar-refractivity contribution < 1.29 is 9.53 Å². The van der Waals surface area contributed by atoms with E-state index in [1.165, 1.54) is 17.2 Å². The molecule has 18 heavy (non-hydrogen) atoms. The molecule has 0 N–H and O–H groups in total. The summed E-state index contributed by atoms with van der Waals surface area (Å²) in [6.07, 6.45) is 6.20. The molecule has 2 rings (SSSR count). The monoisotopic (exact) mass is 244 g/mol. The Morgan fingerprint density at radius 1 is 1.50 bits per heavy atom. The van der Waals surface area contributed by atoms with Gasteiger partial charge < -0.3 is 4.74 Å². The minimum absolute atomic E-state index is 0.319. The number of rotatable bonds is 4. The molecule has 0 saturated heterocycles. The molecule has 96 valence electrons. The molecule has 1 aliphatic carbocycles. The molecule has 0 radical (unpaired) electrons. The van der Waals surface area contributed by atoms with Gasteiger partial charge in [0, 0.05) is 6.08 Å². The molecule has 0 bridgehead atoms. The summed E-state index contributed by atoms with van der Waals surface area (Å²) >= 11 is 0. The molecule has 0 spiro atoms. The Labute approximate surface area is 109 Å². The lowest BCUT2D eigenvalue weighted by molar-refractivity contribution is -0.157. The van der Waals surface area contributed by atoms with Crippen molar-refractivity contribution in [2.45, 2.75) is 44.6 Å². The highest BCUT2D eigenvalue weighted by Crippen LogP contribution is 2.42. The summed E-state index contributed by atoms with van der Waals surface area (Å²) in [5.74, 6) is -0.319. The number of hydrogen-bond donors (Lipinski definition) is 0. The smallest absolute Gasteiger partial charge is 0.331 e. The Morgan fingerprint density at radius 2 is 2.28 bits per heavy atom. The number of ether oxygens (including phenoxy) is 1. The van der Waals surface area contributed by atoms with Crippen molar-refractivity contribution in [3.8, 4) is 0 Å². The van der Waals surface area contributed by atoms with Gasteiger partial charge in [-0.15, -0.1) is 0 Å². The number of carbonyl (C=O) groups excluding carboxylic acids is 1. The second-order valence-corrected chi connectivity index (χ2v) is 4.88. The zero-order valence-corrected chi connectivity index (χ0v) is 10.9. The molecule has 0 amide bonds. The minimum Gasteiger partial charge on any atom is -0.451 e. The third-order valence-electron chi connectivity index (χ3n) is 3.65. The van der Waals surface area contributed by atoms with E-state index in [1.807, 2.05) is 6.07 Å². The number of hydrogen-bond acceptors (Lipinski definition) is 2. The summed E-state index contributed by atoms with van der Waals surface area (Å²) in [5.41, 5.74) is 2.07. The van der Waals surface area contributed by atoms with Crippen molar-refractivity contribution in [1.82, 2.24) is 0 Å². The molecule has 0 aromatic heterocycles. The van der Waals surface area contributed by atoms with Crippen LogP contribution in [0.4, 0.5) is 0 Å². The Kier molecular flexibility index (Phi) is 3.85. The van der Waals surface area contributed by atoms with Gasteiger partial charge in [-0.05, 0) is 36.8 Å². The first kappa shape index (κ1) is 12.9. The molecular formula is C16H20O2. The molecule has 1 atom stereocenters. The summed E-state index contributed by atoms with van der Waals surface area (Å²) in [4.78, 5) is 11.6. The third kappa shape index (κ3) is 2.33. The van der Waals surface area contributed by atoms with Gasteiger partial charge in [0.05, 0.1) is 0 Å². The topological polar surface area (TPSA) is 26.3 Å². The Balaban J connectivity index is 2.41. The number of fused-ring (bicyclic) bond motifs is 1. The Morgan fingerprint density at radius 3 is 3.00 bits per heavy atom. The van der Waals surface area contributed by atoms with Crippen LogP contribution in [0.2, 0.25) is 0 Å². The Hall–Kier alpha value is -1.57. The first-order valence-corrected chi connectivity index (χ1v) is 6.65. The van der Waals surface area contributed by atoms with Crippen molar-refractivity contribution in [3.05, 3.63) is 48.0 Å². The molecule has 0 fully saturated rings. The van der Waals surface area contributed by atoms with E-state index in [0.29, 0.717) is 0 Å². The van der Waals surface area contributed by atoms with Gasteiger partial charge in [0.1, 0.15) is 5.60 Å². The van der Waals surface area contributed by atoms with Gasteiger partial charge in [-0.2, -0.15) is 0 Å². The highest BCUT2D eigenvalue weighted by atomic mass is 16.6. The van der Waals surface area contributed by atoms with Crippen molar-refractivity contribution in [1.29, 1.82) is 0 Å². The predicted molar refractivity (Wildman–Crippen MR) is 72.3 cm³/mol. The van der Waals surface area contributed by atoms with Crippen LogP contribution in [0, 0.1) is 0 Å². The molecule has 1 aliphatic rings. The maximum Gasteiger partial charge on any atom is 0.331 e. The summed E-state index contributed by atoms with van der Waals surface area (Å²) in [6.45, 7) is 5.62. The van der Waals surface area contributed by atoms with Gasteiger partial charge in [-0.25, -0.2) is 4.79 Å². The van der Waals surface area contributed by atoms with Gasteiger partial charge in [0.25, 0.3) is 0 Å². The predicted octanol–water partition coefficient (Wildman–Crippen LogP) is 3.75. The summed E-state index contributed by atoms with van der Waals surface area (Å²) < 4.78 is 5.74. The number of benzene rings is 1. The van der Waals surface area contributed by atoms with Gasteiger partial charge in [-0.3, -0.25) is 0 Å². The zero-order valence-electron chi connectivity index (χ0n) is 10.9. The molecule has 1 aromatic rings. The highest BCUT2D eigenvalue weighted by molar-refractivity contribution is 5.81. The van der Waals surface area contributed by atoms with Crippen LogP contribution in [-0.4, -0.2) is 5.97 Å². The molecule has 1 aromatic carbocycles. The number of carbonyl (C=O) groups is 1. The van der Waals surface area contributed by atoms with Gasteiger partial charge in [-0.1, -0.05) is 44.2 Å². The van der Waals surface area contributed by atoms with Crippen molar-refractivity contribution in [3.63, 3.8) is 0 Å². The van der Waals surface area contributed by atoms with Crippen molar-refractivity contribution in [2.75, 3.05) is 0 Å². The first-order chi connectivity index (χ1) is 8.72. The largest absolute Gasteiger partial charge is 0.451 e. The van der Waals surface area contributed by atoms with Crippen molar-refractivity contribution in [2.24, 2.45) is 0 Å². The minimum atomic E-state index is -0.436. The lowest BCUT2D eigenvalue weighted by atomic mass is 9.76. The number of aryl methyl sites for hydroxylation is 1. The van der Waals surface area contributed by atoms with E-state index in [2.05, 4.69) is 31.7 Å². The fourth-order valence-electron chi connectivity index (χ4n) is 2.94. The fraction of sp³-hybridized carbons (Fsp3) is 0.438. The molecular weight excluding hydrogens is 224 g/mol. The van der Waals surface area contributed by atoms with E-state index in [1.54, 1.807) is 0 Å². The average molecular weight is 244 g/mol. The lowest BCUT2D eigenvalue weighted by Crippen LogP contribution is -2.35. The molecule has 2 heteroatoms. The van der Waals surface area contributed by atoms with Crippen LogP contribution in [0.15, 0.2) is 36.9 Å². The van der Waals surface area contributed by atoms with E-state index in [-0.39, 0.29) is 5.97 Å². The fourth-order valence-corrected chi connectivity index (χ4v) is 2.94. The molecule has 2 nitrogen and oxygen atoms in total. The SMILES string of the molecule is C=CC(=O)OC1(CCC)CCCc2ccccc21. The van der Waals surface area contributed by atoms with E-state index in [9.17, 15) is 4.79 Å². The van der Waals surface area contributed by atoms with Crippen LogP contribution in [0.5, 0.6) is 0 Å². The summed E-state index contributed by atoms with van der Waals surface area (Å²) in [7, 11) is 0. The highest BCUT2D eigenvalue weighted by Gasteiger charge is 2.38. The van der Waals surface area contributed by atoms with Crippen LogP contribution in [0.1, 0.15) is 43.7 Å². The van der Waals surface area contributed by atoms with Gasteiger partial charge in [0.15, 0.2) is 0 Å². The van der Waals surface area contributed by atoms with Gasteiger partial charge >= 0.3 is 5.97 Å². The molecule has 1 unspecified atom stereocenters. The average Bonchev–Trinajstić information content (AvgIpc) is 2.39. The molecule has 0 saturated carbocycles.